The predicted octanol–water partition coefficient (Wildman–Crippen LogP) is 3.52. The largest absolute Gasteiger partial charge is 0.504 e. The molecule has 1 aliphatic heterocycles. The van der Waals surface area contributed by atoms with E-state index in [2.05, 4.69) is 0 Å². The van der Waals surface area contributed by atoms with E-state index >= 15 is 0 Å². The molecule has 134 valence electrons. The number of phenolic OH excluding ortho intramolecular Hbond substituents is 1. The molecule has 0 radical (unpaired) electrons. The normalized spacial score (nSPS) is 15.6. The molecule has 6 nitrogen and oxygen atoms in total. The summed E-state index contributed by atoms with van der Waals surface area (Å²) in [6.45, 7) is 0.401. The summed E-state index contributed by atoms with van der Waals surface area (Å²) >= 11 is 0.880. The van der Waals surface area contributed by atoms with E-state index in [1.165, 1.54) is 13.2 Å². The van der Waals surface area contributed by atoms with E-state index in [-0.39, 0.29) is 30.0 Å². The van der Waals surface area contributed by atoms with E-state index in [1.54, 1.807) is 18.2 Å². The summed E-state index contributed by atoms with van der Waals surface area (Å²) in [6.07, 6.45) is 1.60. The highest BCUT2D eigenvalue weighted by molar-refractivity contribution is 8.18. The number of imide groups is 1. The van der Waals surface area contributed by atoms with Crippen LogP contribution in [-0.4, -0.2) is 41.4 Å². The van der Waals surface area contributed by atoms with Gasteiger partial charge in [-0.3, -0.25) is 14.5 Å². The van der Waals surface area contributed by atoms with Crippen LogP contribution in [0.25, 0.3) is 6.08 Å². The van der Waals surface area contributed by atoms with Gasteiger partial charge in [-0.2, -0.15) is 0 Å². The van der Waals surface area contributed by atoms with Crippen molar-refractivity contribution in [1.82, 2.24) is 4.90 Å². The van der Waals surface area contributed by atoms with Crippen LogP contribution in [-0.2, 0) is 4.79 Å². The van der Waals surface area contributed by atoms with Gasteiger partial charge in [-0.1, -0.05) is 24.3 Å². The van der Waals surface area contributed by atoms with Gasteiger partial charge in [0, 0.05) is 0 Å². The number of aromatic hydroxyl groups is 1. The zero-order valence-electron chi connectivity index (χ0n) is 14.0. The Morgan fingerprint density at radius 2 is 1.92 bits per heavy atom. The number of carbonyl (C=O) groups excluding carboxylic acids is 2. The van der Waals surface area contributed by atoms with Crippen molar-refractivity contribution in [3.63, 3.8) is 0 Å². The Labute approximate surface area is 155 Å². The molecule has 0 unspecified atom stereocenters. The summed E-state index contributed by atoms with van der Waals surface area (Å²) in [6, 6.07) is 13.9. The van der Waals surface area contributed by atoms with Gasteiger partial charge in [0.25, 0.3) is 11.1 Å². The van der Waals surface area contributed by atoms with Crippen molar-refractivity contribution in [2.24, 2.45) is 0 Å². The van der Waals surface area contributed by atoms with Crippen LogP contribution in [0, 0.1) is 0 Å². The average molecular weight is 371 g/mol. The smallest absolute Gasteiger partial charge is 0.293 e. The first-order chi connectivity index (χ1) is 12.6. The molecular formula is C19H17NO5S. The number of benzene rings is 2. The fraction of sp³-hybridized carbons (Fsp3) is 0.158. The quantitative estimate of drug-likeness (QED) is 0.783. The number of carbonyl (C=O) groups is 2. The van der Waals surface area contributed by atoms with Crippen LogP contribution in [0.5, 0.6) is 17.2 Å². The summed E-state index contributed by atoms with van der Waals surface area (Å²) in [7, 11) is 1.44. The van der Waals surface area contributed by atoms with Crippen LogP contribution in [0.1, 0.15) is 5.56 Å². The van der Waals surface area contributed by atoms with Gasteiger partial charge in [-0.05, 0) is 47.7 Å². The van der Waals surface area contributed by atoms with Crippen LogP contribution in [0.2, 0.25) is 0 Å². The molecule has 2 amide bonds. The van der Waals surface area contributed by atoms with Crippen LogP contribution >= 0.6 is 11.8 Å². The minimum atomic E-state index is -0.358. The molecular weight excluding hydrogens is 354 g/mol. The summed E-state index contributed by atoms with van der Waals surface area (Å²) < 4.78 is 10.6. The van der Waals surface area contributed by atoms with Crippen LogP contribution < -0.4 is 9.47 Å². The van der Waals surface area contributed by atoms with Gasteiger partial charge in [-0.15, -0.1) is 0 Å². The lowest BCUT2D eigenvalue weighted by atomic mass is 10.2. The molecule has 1 saturated heterocycles. The minimum Gasteiger partial charge on any atom is -0.504 e. The second kappa shape index (κ2) is 7.97. The number of hydrogen-bond donors (Lipinski definition) is 1. The number of nitrogens with zero attached hydrogens (tertiary/aromatic N) is 1. The number of thioether (sulfide) groups is 1. The number of methoxy groups -OCH3 is 1. The second-order valence-electron chi connectivity index (χ2n) is 5.43. The van der Waals surface area contributed by atoms with E-state index < -0.39 is 0 Å². The average Bonchev–Trinajstić information content (AvgIpc) is 2.91. The molecule has 2 aromatic rings. The first-order valence-electron chi connectivity index (χ1n) is 7.88. The third kappa shape index (κ3) is 4.00. The zero-order chi connectivity index (χ0) is 18.5. The van der Waals surface area contributed by atoms with E-state index in [0.717, 1.165) is 16.7 Å². The number of para-hydroxylation sites is 1. The molecule has 3 rings (SSSR count). The highest BCUT2D eigenvalue weighted by Crippen LogP contribution is 2.34. The fourth-order valence-electron chi connectivity index (χ4n) is 2.40. The molecule has 1 N–H and O–H groups in total. The van der Waals surface area contributed by atoms with Crippen molar-refractivity contribution < 1.29 is 24.2 Å². The van der Waals surface area contributed by atoms with Crippen molar-refractivity contribution in [2.45, 2.75) is 0 Å². The van der Waals surface area contributed by atoms with Crippen molar-refractivity contribution >= 4 is 29.0 Å². The lowest BCUT2D eigenvalue weighted by Gasteiger charge is -2.13. The van der Waals surface area contributed by atoms with Crippen molar-refractivity contribution in [1.29, 1.82) is 0 Å². The van der Waals surface area contributed by atoms with Gasteiger partial charge >= 0.3 is 0 Å². The van der Waals surface area contributed by atoms with E-state index in [4.69, 9.17) is 9.47 Å². The highest BCUT2D eigenvalue weighted by atomic mass is 32.2. The molecule has 2 aromatic carbocycles. The van der Waals surface area contributed by atoms with Crippen LogP contribution in [0.15, 0.2) is 53.4 Å². The molecule has 26 heavy (non-hydrogen) atoms. The highest BCUT2D eigenvalue weighted by Gasteiger charge is 2.34. The molecule has 1 aliphatic rings. The summed E-state index contributed by atoms with van der Waals surface area (Å²) in [5, 5.41) is 9.30. The van der Waals surface area contributed by atoms with Gasteiger partial charge in [0.2, 0.25) is 0 Å². The molecule has 0 spiro atoms. The number of hydrogen-bond acceptors (Lipinski definition) is 6. The number of amides is 2. The molecule has 0 aliphatic carbocycles. The Hall–Kier alpha value is -2.93. The van der Waals surface area contributed by atoms with E-state index in [0.29, 0.717) is 22.0 Å². The second-order valence-corrected chi connectivity index (χ2v) is 6.42. The van der Waals surface area contributed by atoms with Crippen LogP contribution in [0.4, 0.5) is 4.79 Å². The van der Waals surface area contributed by atoms with E-state index in [9.17, 15) is 14.7 Å². The first kappa shape index (κ1) is 17.9. The van der Waals surface area contributed by atoms with Gasteiger partial charge in [0.15, 0.2) is 11.5 Å². The topological polar surface area (TPSA) is 76.1 Å². The minimum absolute atomic E-state index is 0.0100. The molecule has 1 heterocycles. The van der Waals surface area contributed by atoms with E-state index in [1.807, 2.05) is 30.3 Å². The maximum atomic E-state index is 12.5. The van der Waals surface area contributed by atoms with Gasteiger partial charge in [0.05, 0.1) is 18.6 Å². The Morgan fingerprint density at radius 1 is 1.15 bits per heavy atom. The SMILES string of the molecule is COc1cc(/C=C2\SC(=O)N(CCOc3ccccc3)C2=O)ccc1O. The maximum absolute atomic E-state index is 12.5. The Morgan fingerprint density at radius 3 is 2.65 bits per heavy atom. The molecule has 1 fully saturated rings. The van der Waals surface area contributed by atoms with Crippen molar-refractivity contribution in [3.05, 3.63) is 59.0 Å². The fourth-order valence-corrected chi connectivity index (χ4v) is 3.26. The van der Waals surface area contributed by atoms with Crippen molar-refractivity contribution in [3.8, 4) is 17.2 Å². The Kier molecular flexibility index (Phi) is 5.48. The molecule has 0 bridgehead atoms. The zero-order valence-corrected chi connectivity index (χ0v) is 14.9. The van der Waals surface area contributed by atoms with Crippen molar-refractivity contribution in [2.75, 3.05) is 20.3 Å². The number of phenols is 1. The van der Waals surface area contributed by atoms with Gasteiger partial charge < -0.3 is 14.6 Å². The summed E-state index contributed by atoms with van der Waals surface area (Å²) in [5.74, 6) is 0.639. The molecule has 0 atom stereocenters. The van der Waals surface area contributed by atoms with Crippen LogP contribution in [0.3, 0.4) is 0 Å². The number of rotatable bonds is 6. The monoisotopic (exact) mass is 371 g/mol. The predicted molar refractivity (Wildman–Crippen MR) is 99.3 cm³/mol. The summed E-state index contributed by atoms with van der Waals surface area (Å²) in [5.41, 5.74) is 0.658. The standard InChI is InChI=1S/C19H17NO5S/c1-24-16-11-13(7-8-15(16)21)12-17-18(22)20(19(23)26-17)9-10-25-14-5-3-2-4-6-14/h2-8,11-12,21H,9-10H2,1H3/b17-12-. The van der Waals surface area contributed by atoms with Gasteiger partial charge in [-0.25, -0.2) is 0 Å². The molecule has 0 aromatic heterocycles. The molecule has 7 heteroatoms. The first-order valence-corrected chi connectivity index (χ1v) is 8.70. The Balaban J connectivity index is 1.66. The summed E-state index contributed by atoms with van der Waals surface area (Å²) in [4.78, 5) is 26.1. The lowest BCUT2D eigenvalue weighted by Crippen LogP contribution is -2.32. The molecule has 0 saturated carbocycles. The Bertz CT molecular complexity index is 850. The van der Waals surface area contributed by atoms with Gasteiger partial charge in [0.1, 0.15) is 12.4 Å². The maximum Gasteiger partial charge on any atom is 0.293 e. The third-order valence-electron chi connectivity index (χ3n) is 3.70. The third-order valence-corrected chi connectivity index (χ3v) is 4.61. The lowest BCUT2D eigenvalue weighted by molar-refractivity contribution is -0.123. The number of ether oxygens (including phenoxy) is 2.